The third kappa shape index (κ3) is 5.47. The van der Waals surface area contributed by atoms with Gasteiger partial charge in [0.15, 0.2) is 0 Å². The molecule has 1 aliphatic rings. The molecule has 0 saturated heterocycles. The van der Waals surface area contributed by atoms with Gasteiger partial charge in [0, 0.05) is 62.0 Å². The van der Waals surface area contributed by atoms with Crippen LogP contribution in [-0.4, -0.2) is 42.0 Å². The zero-order valence-corrected chi connectivity index (χ0v) is 22.4. The number of nitrogens with zero attached hydrogens (tertiary/aromatic N) is 2. The Hall–Kier alpha value is -3.62. The van der Waals surface area contributed by atoms with Crippen LogP contribution in [0.4, 0.5) is 0 Å². The number of carbonyl (C=O) groups is 3. The monoisotopic (exact) mass is 518 g/mol. The molecule has 4 rings (SSSR count). The Balaban J connectivity index is 1.75. The molecule has 3 aromatic rings. The van der Waals surface area contributed by atoms with Crippen molar-refractivity contribution in [3.05, 3.63) is 71.4 Å². The lowest BCUT2D eigenvalue weighted by Gasteiger charge is -2.29. The van der Waals surface area contributed by atoms with Gasteiger partial charge >= 0.3 is 5.97 Å². The highest BCUT2D eigenvalue weighted by atomic mass is 16.7. The first-order valence-corrected chi connectivity index (χ1v) is 12.9. The smallest absolute Gasteiger partial charge is 0.331 e. The molecule has 0 unspecified atom stereocenters. The summed E-state index contributed by atoms with van der Waals surface area (Å²) >= 11 is 0. The molecule has 0 amide bonds. The van der Waals surface area contributed by atoms with Crippen LogP contribution in [0.3, 0.4) is 0 Å². The van der Waals surface area contributed by atoms with Crippen LogP contribution in [0.2, 0.25) is 0 Å². The lowest BCUT2D eigenvalue weighted by molar-refractivity contribution is -0.176. The van der Waals surface area contributed by atoms with Gasteiger partial charge in [0.2, 0.25) is 11.6 Å². The molecule has 0 spiro atoms. The summed E-state index contributed by atoms with van der Waals surface area (Å²) in [6.07, 6.45) is 7.60. The predicted octanol–water partition coefficient (Wildman–Crippen LogP) is 5.58. The molecule has 0 radical (unpaired) electrons. The first-order chi connectivity index (χ1) is 18.3. The van der Waals surface area contributed by atoms with Crippen molar-refractivity contribution in [1.29, 1.82) is 0 Å². The van der Waals surface area contributed by atoms with Crippen molar-refractivity contribution in [3.63, 3.8) is 0 Å². The largest absolute Gasteiger partial charge is 0.350 e. The normalized spacial score (nSPS) is 15.0. The van der Waals surface area contributed by atoms with Crippen molar-refractivity contribution >= 4 is 34.2 Å². The lowest BCUT2D eigenvalue weighted by atomic mass is 9.84. The number of aryl methyl sites for hydroxylation is 1. The van der Waals surface area contributed by atoms with Crippen LogP contribution >= 0.6 is 0 Å². The average Bonchev–Trinajstić information content (AvgIpc) is 3.28. The molecule has 200 valence electrons. The zero-order valence-electron chi connectivity index (χ0n) is 22.4. The summed E-state index contributed by atoms with van der Waals surface area (Å²) in [5.74, 6) is -2.63. The quantitative estimate of drug-likeness (QED) is 0.114. The summed E-state index contributed by atoms with van der Waals surface area (Å²) in [4.78, 5) is 44.0. The number of hydrogen-bond acceptors (Lipinski definition) is 7. The highest BCUT2D eigenvalue weighted by molar-refractivity contribution is 6.48. The molecular weight excluding hydrogens is 484 g/mol. The minimum atomic E-state index is -1.64. The SMILES string of the molecule is COC(OC)(C(=O)c1ccc2c(c1)c(C(=O)/C(CC1CCCCC1)=N/OC(C)=O)cn2C)c1ccccc1. The molecule has 8 heteroatoms. The highest BCUT2D eigenvalue weighted by Crippen LogP contribution is 2.33. The molecule has 1 saturated carbocycles. The molecular formula is C30H34N2O6. The molecule has 0 aliphatic heterocycles. The average molecular weight is 519 g/mol. The second-order valence-corrected chi connectivity index (χ2v) is 9.76. The summed E-state index contributed by atoms with van der Waals surface area (Å²) in [5, 5.41) is 4.57. The number of methoxy groups -OCH3 is 2. The number of Topliss-reactive ketones (excluding diaryl/α,β-unsaturated/α-hetero) is 2. The van der Waals surface area contributed by atoms with Gasteiger partial charge in [-0.1, -0.05) is 67.6 Å². The van der Waals surface area contributed by atoms with Crippen molar-refractivity contribution < 1.29 is 28.7 Å². The van der Waals surface area contributed by atoms with Crippen molar-refractivity contribution in [2.75, 3.05) is 14.2 Å². The fraction of sp³-hybridized carbons (Fsp3) is 0.400. The Kier molecular flexibility index (Phi) is 8.54. The summed E-state index contributed by atoms with van der Waals surface area (Å²) in [6.45, 7) is 1.26. The van der Waals surface area contributed by atoms with Crippen LogP contribution in [0.15, 0.2) is 59.9 Å². The number of fused-ring (bicyclic) bond motifs is 1. The van der Waals surface area contributed by atoms with Gasteiger partial charge in [-0.3, -0.25) is 9.59 Å². The molecule has 0 atom stereocenters. The number of carbonyl (C=O) groups excluding carboxylic acids is 3. The van der Waals surface area contributed by atoms with Crippen LogP contribution < -0.4 is 0 Å². The summed E-state index contributed by atoms with van der Waals surface area (Å²) in [7, 11) is 4.68. The van der Waals surface area contributed by atoms with Crippen LogP contribution in [-0.2, 0) is 31.9 Å². The van der Waals surface area contributed by atoms with Crippen molar-refractivity contribution in [3.8, 4) is 0 Å². The van der Waals surface area contributed by atoms with Gasteiger partial charge in [0.05, 0.1) is 0 Å². The first-order valence-electron chi connectivity index (χ1n) is 12.9. The molecule has 1 heterocycles. The number of ether oxygens (including phenoxy) is 2. The van der Waals surface area contributed by atoms with Gasteiger partial charge in [-0.05, 0) is 30.5 Å². The number of benzene rings is 2. The van der Waals surface area contributed by atoms with Gasteiger partial charge in [0.25, 0.3) is 5.79 Å². The maximum absolute atomic E-state index is 13.8. The second-order valence-electron chi connectivity index (χ2n) is 9.76. The summed E-state index contributed by atoms with van der Waals surface area (Å²) in [5.41, 5.74) is 2.26. The topological polar surface area (TPSA) is 96.2 Å². The van der Waals surface area contributed by atoms with Crippen LogP contribution in [0, 0.1) is 5.92 Å². The van der Waals surface area contributed by atoms with Crippen LogP contribution in [0.1, 0.15) is 71.7 Å². The summed E-state index contributed by atoms with van der Waals surface area (Å²) in [6, 6.07) is 14.2. The van der Waals surface area contributed by atoms with Gasteiger partial charge in [-0.25, -0.2) is 4.79 Å². The molecule has 1 aromatic heterocycles. The number of oxime groups is 1. The van der Waals surface area contributed by atoms with E-state index in [2.05, 4.69) is 5.16 Å². The van der Waals surface area contributed by atoms with E-state index in [4.69, 9.17) is 14.3 Å². The minimum absolute atomic E-state index is 0.212. The third-order valence-corrected chi connectivity index (χ3v) is 7.28. The molecule has 2 aromatic carbocycles. The van der Waals surface area contributed by atoms with E-state index in [-0.39, 0.29) is 11.5 Å². The van der Waals surface area contributed by atoms with Crippen molar-refractivity contribution in [2.45, 2.75) is 51.2 Å². The van der Waals surface area contributed by atoms with Gasteiger partial charge in [-0.15, -0.1) is 0 Å². The Bertz CT molecular complexity index is 1350. The number of aromatic nitrogens is 1. The van der Waals surface area contributed by atoms with Crippen LogP contribution in [0.25, 0.3) is 10.9 Å². The molecule has 1 aliphatic carbocycles. The zero-order chi connectivity index (χ0) is 27.3. The Morgan fingerprint density at radius 1 is 1.00 bits per heavy atom. The fourth-order valence-corrected chi connectivity index (χ4v) is 5.31. The van der Waals surface area contributed by atoms with E-state index in [1.807, 2.05) is 29.8 Å². The molecule has 1 fully saturated rings. The van der Waals surface area contributed by atoms with Gasteiger partial charge in [0.1, 0.15) is 5.71 Å². The minimum Gasteiger partial charge on any atom is -0.350 e. The third-order valence-electron chi connectivity index (χ3n) is 7.28. The maximum atomic E-state index is 13.8. The van der Waals surface area contributed by atoms with E-state index >= 15 is 0 Å². The fourth-order valence-electron chi connectivity index (χ4n) is 5.31. The van der Waals surface area contributed by atoms with Gasteiger partial charge < -0.3 is 18.9 Å². The van der Waals surface area contributed by atoms with E-state index in [0.29, 0.717) is 34.4 Å². The van der Waals surface area contributed by atoms with Crippen molar-refractivity contribution in [1.82, 2.24) is 4.57 Å². The van der Waals surface area contributed by atoms with E-state index in [9.17, 15) is 14.4 Å². The number of ketones is 2. The van der Waals surface area contributed by atoms with E-state index < -0.39 is 17.5 Å². The Morgan fingerprint density at radius 2 is 1.68 bits per heavy atom. The van der Waals surface area contributed by atoms with Crippen LogP contribution in [0.5, 0.6) is 0 Å². The number of rotatable bonds is 10. The Morgan fingerprint density at radius 3 is 2.32 bits per heavy atom. The molecule has 0 bridgehead atoms. The second kappa shape index (κ2) is 11.8. The van der Waals surface area contributed by atoms with Gasteiger partial charge in [-0.2, -0.15) is 0 Å². The van der Waals surface area contributed by atoms with E-state index in [1.165, 1.54) is 27.6 Å². The lowest BCUT2D eigenvalue weighted by Crippen LogP contribution is -2.40. The molecule has 8 nitrogen and oxygen atoms in total. The van der Waals surface area contributed by atoms with E-state index in [0.717, 1.165) is 31.2 Å². The Labute approximate surface area is 222 Å². The summed E-state index contributed by atoms with van der Waals surface area (Å²) < 4.78 is 13.1. The first kappa shape index (κ1) is 27.4. The standard InChI is InChI=1S/C30H34N2O6/c1-20(33)38-31-26(17-21-11-7-5-8-12-21)28(34)25-19-32(2)27-16-15-22(18-24(25)27)29(35)30(36-3,37-4)23-13-9-6-10-14-23/h6,9-10,13-16,18-19,21H,5,7-8,11-12,17H2,1-4H3/b31-26+. The molecule has 38 heavy (non-hydrogen) atoms. The predicted molar refractivity (Wildman–Crippen MR) is 144 cm³/mol. The molecule has 0 N–H and O–H groups in total. The highest BCUT2D eigenvalue weighted by Gasteiger charge is 2.41. The van der Waals surface area contributed by atoms with E-state index in [1.54, 1.807) is 36.5 Å². The number of hydrogen-bond donors (Lipinski definition) is 0. The maximum Gasteiger partial charge on any atom is 0.331 e. The van der Waals surface area contributed by atoms with Crippen molar-refractivity contribution in [2.24, 2.45) is 18.1 Å².